The van der Waals surface area contributed by atoms with Gasteiger partial charge in [0.25, 0.3) is 0 Å². The predicted octanol–water partition coefficient (Wildman–Crippen LogP) is 4.63. The molecule has 2 aromatic carbocycles. The van der Waals surface area contributed by atoms with Crippen LogP contribution in [0.1, 0.15) is 29.9 Å². The van der Waals surface area contributed by atoms with Gasteiger partial charge in [0.1, 0.15) is 11.6 Å². The lowest BCUT2D eigenvalue weighted by molar-refractivity contribution is 0.373. The summed E-state index contributed by atoms with van der Waals surface area (Å²) in [5, 5.41) is 3.20. The summed E-state index contributed by atoms with van der Waals surface area (Å²) in [6, 6.07) is 12.3. The number of anilines is 1. The zero-order valence-corrected chi connectivity index (χ0v) is 11.4. The van der Waals surface area contributed by atoms with Gasteiger partial charge in [0.15, 0.2) is 0 Å². The number of nitrogens with one attached hydrogen (secondary N) is 1. The minimum atomic E-state index is -0.540. The van der Waals surface area contributed by atoms with Gasteiger partial charge in [-0.1, -0.05) is 24.3 Å². The molecule has 104 valence electrons. The summed E-state index contributed by atoms with van der Waals surface area (Å²) in [7, 11) is 0. The van der Waals surface area contributed by atoms with E-state index in [-0.39, 0.29) is 0 Å². The minimum absolute atomic E-state index is 0.292. The second-order valence-corrected chi connectivity index (χ2v) is 5.52. The van der Waals surface area contributed by atoms with Crippen molar-refractivity contribution in [3.8, 4) is 0 Å². The summed E-state index contributed by atoms with van der Waals surface area (Å²) < 4.78 is 26.2. The van der Waals surface area contributed by atoms with Crippen molar-refractivity contribution in [1.29, 1.82) is 0 Å². The van der Waals surface area contributed by atoms with E-state index in [1.165, 1.54) is 23.3 Å². The first-order chi connectivity index (χ1) is 9.61. The maximum absolute atomic E-state index is 13.1. The number of aryl methyl sites for hydroxylation is 1. The number of halogens is 2. The van der Waals surface area contributed by atoms with Crippen LogP contribution in [0.3, 0.4) is 0 Å². The van der Waals surface area contributed by atoms with E-state index in [4.69, 9.17) is 0 Å². The summed E-state index contributed by atoms with van der Waals surface area (Å²) in [5.74, 6) is -0.531. The Kier molecular flexibility index (Phi) is 3.43. The molecule has 0 aromatic heterocycles. The molecule has 0 unspecified atom stereocenters. The van der Waals surface area contributed by atoms with Crippen LogP contribution in [0.25, 0.3) is 0 Å². The fourth-order valence-corrected chi connectivity index (χ4v) is 2.91. The Balaban J connectivity index is 1.62. The molecule has 1 nitrogen and oxygen atoms in total. The summed E-state index contributed by atoms with van der Waals surface area (Å²) in [4.78, 5) is 0. The highest BCUT2D eigenvalue weighted by Gasteiger charge is 2.30. The van der Waals surface area contributed by atoms with Gasteiger partial charge < -0.3 is 5.32 Å². The Morgan fingerprint density at radius 2 is 1.65 bits per heavy atom. The van der Waals surface area contributed by atoms with Crippen LogP contribution in [-0.2, 0) is 0 Å². The molecule has 0 radical (unpaired) electrons. The third-order valence-corrected chi connectivity index (χ3v) is 4.00. The van der Waals surface area contributed by atoms with Gasteiger partial charge in [-0.05, 0) is 48.9 Å². The van der Waals surface area contributed by atoms with E-state index >= 15 is 0 Å². The summed E-state index contributed by atoms with van der Waals surface area (Å²) in [6.07, 6.45) is 2.01. The van der Waals surface area contributed by atoms with E-state index in [0.29, 0.717) is 17.6 Å². The molecule has 0 bridgehead atoms. The summed E-state index contributed by atoms with van der Waals surface area (Å²) >= 11 is 0. The van der Waals surface area contributed by atoms with Crippen molar-refractivity contribution in [3.63, 3.8) is 0 Å². The molecule has 1 N–H and O–H groups in total. The van der Waals surface area contributed by atoms with Crippen molar-refractivity contribution in [2.24, 2.45) is 0 Å². The van der Waals surface area contributed by atoms with Gasteiger partial charge in [0.05, 0.1) is 0 Å². The van der Waals surface area contributed by atoms with Gasteiger partial charge >= 0.3 is 0 Å². The molecule has 3 rings (SSSR count). The molecular weight excluding hydrogens is 256 g/mol. The highest BCUT2D eigenvalue weighted by Crippen LogP contribution is 2.39. The monoisotopic (exact) mass is 273 g/mol. The van der Waals surface area contributed by atoms with Crippen LogP contribution in [0.5, 0.6) is 0 Å². The van der Waals surface area contributed by atoms with Crippen LogP contribution in [0.2, 0.25) is 0 Å². The van der Waals surface area contributed by atoms with Crippen molar-refractivity contribution in [2.75, 3.05) is 5.32 Å². The predicted molar refractivity (Wildman–Crippen MR) is 76.9 cm³/mol. The normalized spacial score (nSPS) is 21.4. The standard InChI is InChI=1S/C17H17F2N/c1-11-4-2-3-5-17(11)12-6-15(7-12)20-16-9-13(18)8-14(19)10-16/h2-5,8-10,12,15,20H,6-7H2,1H3. The number of hydrogen-bond donors (Lipinski definition) is 1. The Bertz CT molecular complexity index is 598. The van der Waals surface area contributed by atoms with E-state index in [2.05, 4.69) is 30.4 Å². The zero-order chi connectivity index (χ0) is 14.1. The summed E-state index contributed by atoms with van der Waals surface area (Å²) in [6.45, 7) is 2.12. The van der Waals surface area contributed by atoms with Crippen LogP contribution in [0.4, 0.5) is 14.5 Å². The fraction of sp³-hybridized carbons (Fsp3) is 0.294. The lowest BCUT2D eigenvalue weighted by Gasteiger charge is -2.37. The molecular formula is C17H17F2N. The SMILES string of the molecule is Cc1ccccc1C1CC(Nc2cc(F)cc(F)c2)C1. The third-order valence-electron chi connectivity index (χ3n) is 4.00. The zero-order valence-electron chi connectivity index (χ0n) is 11.4. The van der Waals surface area contributed by atoms with Crippen molar-refractivity contribution in [3.05, 3.63) is 65.2 Å². The van der Waals surface area contributed by atoms with Gasteiger partial charge in [-0.25, -0.2) is 8.78 Å². The molecule has 1 saturated carbocycles. The molecule has 1 aliphatic carbocycles. The Morgan fingerprint density at radius 3 is 2.30 bits per heavy atom. The largest absolute Gasteiger partial charge is 0.382 e. The molecule has 0 heterocycles. The molecule has 2 aromatic rings. The first-order valence-electron chi connectivity index (χ1n) is 6.90. The molecule has 1 fully saturated rings. The van der Waals surface area contributed by atoms with Crippen LogP contribution >= 0.6 is 0 Å². The fourth-order valence-electron chi connectivity index (χ4n) is 2.91. The second-order valence-electron chi connectivity index (χ2n) is 5.52. The van der Waals surface area contributed by atoms with Crippen molar-refractivity contribution >= 4 is 5.69 Å². The van der Waals surface area contributed by atoms with Gasteiger partial charge in [-0.15, -0.1) is 0 Å². The highest BCUT2D eigenvalue weighted by atomic mass is 19.1. The average Bonchev–Trinajstić information content (AvgIpc) is 2.33. The maximum atomic E-state index is 13.1. The van der Waals surface area contributed by atoms with E-state index in [0.717, 1.165) is 18.9 Å². The molecule has 20 heavy (non-hydrogen) atoms. The Morgan fingerprint density at radius 1 is 1.00 bits per heavy atom. The smallest absolute Gasteiger partial charge is 0.128 e. The van der Waals surface area contributed by atoms with E-state index < -0.39 is 11.6 Å². The van der Waals surface area contributed by atoms with Crippen molar-refractivity contribution in [2.45, 2.75) is 31.7 Å². The van der Waals surface area contributed by atoms with E-state index in [9.17, 15) is 8.78 Å². The van der Waals surface area contributed by atoms with Crippen LogP contribution in [0, 0.1) is 18.6 Å². The van der Waals surface area contributed by atoms with E-state index in [1.807, 2.05) is 6.07 Å². The topological polar surface area (TPSA) is 12.0 Å². The van der Waals surface area contributed by atoms with Crippen LogP contribution < -0.4 is 5.32 Å². The van der Waals surface area contributed by atoms with Crippen molar-refractivity contribution in [1.82, 2.24) is 0 Å². The molecule has 3 heteroatoms. The number of rotatable bonds is 3. The Labute approximate surface area is 117 Å². The first-order valence-corrected chi connectivity index (χ1v) is 6.90. The maximum Gasteiger partial charge on any atom is 0.128 e. The molecule has 0 spiro atoms. The minimum Gasteiger partial charge on any atom is -0.382 e. The third kappa shape index (κ3) is 2.67. The molecule has 0 aliphatic heterocycles. The molecule has 1 aliphatic rings. The number of benzene rings is 2. The van der Waals surface area contributed by atoms with Gasteiger partial charge in [0.2, 0.25) is 0 Å². The number of hydrogen-bond acceptors (Lipinski definition) is 1. The lowest BCUT2D eigenvalue weighted by Crippen LogP contribution is -2.34. The van der Waals surface area contributed by atoms with Crippen molar-refractivity contribution < 1.29 is 8.78 Å². The van der Waals surface area contributed by atoms with Crippen LogP contribution in [-0.4, -0.2) is 6.04 Å². The summed E-state index contributed by atoms with van der Waals surface area (Å²) in [5.41, 5.74) is 3.22. The molecule has 0 atom stereocenters. The highest BCUT2D eigenvalue weighted by molar-refractivity contribution is 5.46. The van der Waals surface area contributed by atoms with Gasteiger partial charge in [-0.2, -0.15) is 0 Å². The van der Waals surface area contributed by atoms with Crippen LogP contribution in [0.15, 0.2) is 42.5 Å². The van der Waals surface area contributed by atoms with Gasteiger partial charge in [0, 0.05) is 17.8 Å². The second kappa shape index (κ2) is 5.23. The molecule has 0 amide bonds. The Hall–Kier alpha value is -1.90. The quantitative estimate of drug-likeness (QED) is 0.859. The average molecular weight is 273 g/mol. The lowest BCUT2D eigenvalue weighted by atomic mass is 9.74. The molecule has 0 saturated heterocycles. The van der Waals surface area contributed by atoms with Gasteiger partial charge in [-0.3, -0.25) is 0 Å². The first kappa shape index (κ1) is 13.1. The van der Waals surface area contributed by atoms with E-state index in [1.54, 1.807) is 0 Å².